The standard InChI is InChI=1S/C21H23F2N3S/c1-5-26-19(14-9-11-15(12-10-14)21(2,3)4)24-25-20(26)27-13-16-17(22)7-6-8-18(16)23/h6-12H,5,13H2,1-4H3. The number of hydrogen-bond acceptors (Lipinski definition) is 3. The van der Waals surface area contributed by atoms with E-state index >= 15 is 0 Å². The van der Waals surface area contributed by atoms with Gasteiger partial charge in [0.1, 0.15) is 11.6 Å². The van der Waals surface area contributed by atoms with Crippen LogP contribution in [0.2, 0.25) is 0 Å². The van der Waals surface area contributed by atoms with E-state index in [4.69, 9.17) is 0 Å². The Bertz CT molecular complexity index is 907. The summed E-state index contributed by atoms with van der Waals surface area (Å²) in [5.41, 5.74) is 2.37. The Morgan fingerprint density at radius 2 is 1.59 bits per heavy atom. The number of nitrogens with zero attached hydrogens (tertiary/aromatic N) is 3. The molecule has 1 aromatic heterocycles. The SMILES string of the molecule is CCn1c(SCc2c(F)cccc2F)nnc1-c1ccc(C(C)(C)C)cc1. The maximum absolute atomic E-state index is 13.8. The van der Waals surface area contributed by atoms with E-state index in [2.05, 4.69) is 43.1 Å². The quantitative estimate of drug-likeness (QED) is 0.516. The lowest BCUT2D eigenvalue weighted by molar-refractivity contribution is 0.566. The van der Waals surface area contributed by atoms with Gasteiger partial charge in [-0.1, -0.05) is 62.9 Å². The second-order valence-corrected chi connectivity index (χ2v) is 8.31. The summed E-state index contributed by atoms with van der Waals surface area (Å²) in [6.07, 6.45) is 0. The van der Waals surface area contributed by atoms with Crippen LogP contribution in [0.25, 0.3) is 11.4 Å². The van der Waals surface area contributed by atoms with E-state index in [1.165, 1.54) is 35.5 Å². The fourth-order valence-corrected chi connectivity index (χ4v) is 3.84. The predicted octanol–water partition coefficient (Wildman–Crippen LogP) is 5.83. The highest BCUT2D eigenvalue weighted by atomic mass is 32.2. The molecule has 0 fully saturated rings. The Labute approximate surface area is 162 Å². The minimum Gasteiger partial charge on any atom is -0.302 e. The largest absolute Gasteiger partial charge is 0.302 e. The van der Waals surface area contributed by atoms with Crippen LogP contribution < -0.4 is 0 Å². The zero-order chi connectivity index (χ0) is 19.6. The predicted molar refractivity (Wildman–Crippen MR) is 106 cm³/mol. The third-order valence-corrected chi connectivity index (χ3v) is 5.44. The van der Waals surface area contributed by atoms with E-state index in [0.717, 1.165) is 11.4 Å². The van der Waals surface area contributed by atoms with Gasteiger partial charge in [-0.25, -0.2) is 8.78 Å². The van der Waals surface area contributed by atoms with Crippen LogP contribution in [0.4, 0.5) is 8.78 Å². The third-order valence-electron chi connectivity index (χ3n) is 4.45. The first-order valence-corrected chi connectivity index (χ1v) is 9.89. The van der Waals surface area contributed by atoms with Gasteiger partial charge in [0.2, 0.25) is 0 Å². The molecule has 0 spiro atoms. The van der Waals surface area contributed by atoms with E-state index in [-0.39, 0.29) is 16.7 Å². The molecule has 0 saturated carbocycles. The number of benzene rings is 2. The molecule has 0 unspecified atom stereocenters. The minimum atomic E-state index is -0.539. The van der Waals surface area contributed by atoms with Gasteiger partial charge in [0.15, 0.2) is 11.0 Å². The molecule has 3 nitrogen and oxygen atoms in total. The van der Waals surface area contributed by atoms with E-state index < -0.39 is 11.6 Å². The van der Waals surface area contributed by atoms with E-state index in [1.54, 1.807) is 0 Å². The highest BCUT2D eigenvalue weighted by molar-refractivity contribution is 7.98. The summed E-state index contributed by atoms with van der Waals surface area (Å²) in [5.74, 6) is -0.153. The Hall–Kier alpha value is -2.21. The van der Waals surface area contributed by atoms with Gasteiger partial charge in [-0.05, 0) is 30.0 Å². The number of aromatic nitrogens is 3. The van der Waals surface area contributed by atoms with Crippen LogP contribution >= 0.6 is 11.8 Å². The van der Waals surface area contributed by atoms with Crippen molar-refractivity contribution in [1.82, 2.24) is 14.8 Å². The summed E-state index contributed by atoms with van der Waals surface area (Å²) in [6, 6.07) is 12.2. The van der Waals surface area contributed by atoms with E-state index in [9.17, 15) is 8.78 Å². The van der Waals surface area contributed by atoms with Crippen LogP contribution in [0, 0.1) is 11.6 Å². The van der Waals surface area contributed by atoms with Crippen molar-refractivity contribution >= 4 is 11.8 Å². The molecule has 0 N–H and O–H groups in total. The molecular formula is C21H23F2N3S. The second-order valence-electron chi connectivity index (χ2n) is 7.37. The van der Waals surface area contributed by atoms with Gasteiger partial charge >= 0.3 is 0 Å². The molecule has 0 aliphatic carbocycles. The molecule has 0 amide bonds. The Kier molecular flexibility index (Phi) is 5.65. The highest BCUT2D eigenvalue weighted by Gasteiger charge is 2.17. The molecule has 0 radical (unpaired) electrons. The second kappa shape index (κ2) is 7.80. The van der Waals surface area contributed by atoms with Crippen molar-refractivity contribution in [2.75, 3.05) is 0 Å². The molecule has 0 atom stereocenters. The van der Waals surface area contributed by atoms with Crippen molar-refractivity contribution in [2.45, 2.75) is 50.6 Å². The molecule has 27 heavy (non-hydrogen) atoms. The number of thioether (sulfide) groups is 1. The Morgan fingerprint density at radius 1 is 0.963 bits per heavy atom. The van der Waals surface area contributed by atoms with Gasteiger partial charge in [0.25, 0.3) is 0 Å². The van der Waals surface area contributed by atoms with Crippen LogP contribution in [0.5, 0.6) is 0 Å². The van der Waals surface area contributed by atoms with Crippen LogP contribution in [-0.4, -0.2) is 14.8 Å². The summed E-state index contributed by atoms with van der Waals surface area (Å²) < 4.78 is 29.7. The normalized spacial score (nSPS) is 11.8. The summed E-state index contributed by atoms with van der Waals surface area (Å²) >= 11 is 1.29. The summed E-state index contributed by atoms with van der Waals surface area (Å²) in [5, 5.41) is 9.20. The lowest BCUT2D eigenvalue weighted by atomic mass is 9.87. The monoisotopic (exact) mass is 387 g/mol. The Balaban J connectivity index is 1.85. The number of hydrogen-bond donors (Lipinski definition) is 0. The molecule has 0 saturated heterocycles. The van der Waals surface area contributed by atoms with Gasteiger partial charge in [-0.2, -0.15) is 0 Å². The first-order valence-electron chi connectivity index (χ1n) is 8.91. The molecule has 6 heteroatoms. The van der Waals surface area contributed by atoms with Gasteiger partial charge in [-0.3, -0.25) is 0 Å². The van der Waals surface area contributed by atoms with Gasteiger partial charge in [0.05, 0.1) is 0 Å². The zero-order valence-corrected chi connectivity index (χ0v) is 16.8. The maximum Gasteiger partial charge on any atom is 0.191 e. The van der Waals surface area contributed by atoms with E-state index in [0.29, 0.717) is 11.7 Å². The fraction of sp³-hybridized carbons (Fsp3) is 0.333. The molecule has 1 heterocycles. The smallest absolute Gasteiger partial charge is 0.191 e. The fourth-order valence-electron chi connectivity index (χ4n) is 2.82. The first-order chi connectivity index (χ1) is 12.8. The molecular weight excluding hydrogens is 364 g/mol. The number of halogens is 2. The van der Waals surface area contributed by atoms with Crippen LogP contribution in [0.1, 0.15) is 38.8 Å². The molecule has 2 aromatic carbocycles. The highest BCUT2D eigenvalue weighted by Crippen LogP contribution is 2.29. The van der Waals surface area contributed by atoms with E-state index in [1.807, 2.05) is 23.6 Å². The number of rotatable bonds is 5. The lowest BCUT2D eigenvalue weighted by Crippen LogP contribution is -2.10. The first kappa shape index (κ1) is 19.5. The van der Waals surface area contributed by atoms with Gasteiger partial charge in [0, 0.05) is 23.4 Å². The average Bonchev–Trinajstić information content (AvgIpc) is 3.03. The van der Waals surface area contributed by atoms with Crippen molar-refractivity contribution in [2.24, 2.45) is 0 Å². The lowest BCUT2D eigenvalue weighted by Gasteiger charge is -2.19. The van der Waals surface area contributed by atoms with Crippen LogP contribution in [0.3, 0.4) is 0 Å². The van der Waals surface area contributed by atoms with Crippen molar-refractivity contribution in [3.63, 3.8) is 0 Å². The average molecular weight is 387 g/mol. The Morgan fingerprint density at radius 3 is 2.15 bits per heavy atom. The van der Waals surface area contributed by atoms with Crippen LogP contribution in [-0.2, 0) is 17.7 Å². The third kappa shape index (κ3) is 4.21. The molecule has 0 aliphatic rings. The van der Waals surface area contributed by atoms with Crippen molar-refractivity contribution < 1.29 is 8.78 Å². The summed E-state index contributed by atoms with van der Waals surface area (Å²) in [6.45, 7) is 9.20. The van der Waals surface area contributed by atoms with Gasteiger partial charge < -0.3 is 4.57 Å². The van der Waals surface area contributed by atoms with Gasteiger partial charge in [-0.15, -0.1) is 10.2 Å². The van der Waals surface area contributed by atoms with Crippen molar-refractivity contribution in [3.05, 3.63) is 65.2 Å². The maximum atomic E-state index is 13.8. The summed E-state index contributed by atoms with van der Waals surface area (Å²) in [7, 11) is 0. The van der Waals surface area contributed by atoms with Crippen LogP contribution in [0.15, 0.2) is 47.6 Å². The molecule has 3 rings (SSSR count). The topological polar surface area (TPSA) is 30.7 Å². The molecule has 3 aromatic rings. The van der Waals surface area contributed by atoms with Crippen molar-refractivity contribution in [1.29, 1.82) is 0 Å². The molecule has 0 aliphatic heterocycles. The molecule has 0 bridgehead atoms. The minimum absolute atomic E-state index is 0.0595. The molecule has 142 valence electrons. The summed E-state index contributed by atoms with van der Waals surface area (Å²) in [4.78, 5) is 0. The zero-order valence-electron chi connectivity index (χ0n) is 16.0. The van der Waals surface area contributed by atoms with Crippen molar-refractivity contribution in [3.8, 4) is 11.4 Å².